The Labute approximate surface area is 344 Å². The van der Waals surface area contributed by atoms with E-state index in [9.17, 15) is 41.5 Å². The first-order valence-corrected chi connectivity index (χ1v) is 21.2. The van der Waals surface area contributed by atoms with Crippen LogP contribution in [0, 0.1) is 29.4 Å². The Bertz CT molecular complexity index is 1970. The van der Waals surface area contributed by atoms with Crippen LogP contribution in [-0.4, -0.2) is 98.8 Å². The van der Waals surface area contributed by atoms with Gasteiger partial charge >= 0.3 is 0 Å². The van der Waals surface area contributed by atoms with E-state index < -0.39 is 107 Å². The largest absolute Gasteiger partial charge is 0.491 e. The molecule has 3 aromatic rings. The number of amides is 4. The van der Waals surface area contributed by atoms with Gasteiger partial charge in [0.2, 0.25) is 33.7 Å². The summed E-state index contributed by atoms with van der Waals surface area (Å²) < 4.78 is 65.4. The van der Waals surface area contributed by atoms with Crippen LogP contribution in [0.1, 0.15) is 57.2 Å². The van der Waals surface area contributed by atoms with Crippen LogP contribution in [0.25, 0.3) is 0 Å². The number of ether oxygens (including phenoxy) is 2. The first-order chi connectivity index (χ1) is 27.9. The van der Waals surface area contributed by atoms with Crippen molar-refractivity contribution in [1.29, 1.82) is 0 Å². The van der Waals surface area contributed by atoms with Gasteiger partial charge in [-0.1, -0.05) is 74.5 Å². The Morgan fingerprint density at radius 2 is 1.41 bits per heavy atom. The molecule has 8 atom stereocenters. The molecule has 59 heavy (non-hydrogen) atoms. The van der Waals surface area contributed by atoms with E-state index in [-0.39, 0.29) is 31.1 Å². The van der Waals surface area contributed by atoms with Gasteiger partial charge in [-0.15, -0.1) is 0 Å². The van der Waals surface area contributed by atoms with E-state index in [1.807, 2.05) is 60.7 Å². The number of aliphatic hydroxyl groups is 1. The van der Waals surface area contributed by atoms with Crippen LogP contribution in [0.2, 0.25) is 0 Å². The fourth-order valence-electron chi connectivity index (χ4n) is 7.01. The summed E-state index contributed by atoms with van der Waals surface area (Å²) in [6, 6.07) is 17.3. The maximum Gasteiger partial charge on any atom is 0.249 e. The van der Waals surface area contributed by atoms with Gasteiger partial charge < -0.3 is 35.8 Å². The molecule has 4 amide bonds. The van der Waals surface area contributed by atoms with Gasteiger partial charge in [0.1, 0.15) is 36.1 Å². The smallest absolute Gasteiger partial charge is 0.249 e. The van der Waals surface area contributed by atoms with Gasteiger partial charge in [-0.05, 0) is 36.8 Å². The summed E-state index contributed by atoms with van der Waals surface area (Å²) in [7, 11) is -1.12. The number of aliphatic hydroxyl groups excluding tert-OH is 1. The molecule has 0 saturated heterocycles. The summed E-state index contributed by atoms with van der Waals surface area (Å²) >= 11 is 0. The highest BCUT2D eigenvalue weighted by atomic mass is 32.2. The van der Waals surface area contributed by atoms with E-state index in [2.05, 4.69) is 21.3 Å². The predicted molar refractivity (Wildman–Crippen MR) is 216 cm³/mol. The molecule has 4 rings (SSSR count). The number of rotatable bonds is 20. The lowest BCUT2D eigenvalue weighted by molar-refractivity contribution is -0.138. The van der Waals surface area contributed by atoms with Gasteiger partial charge in [-0.3, -0.25) is 19.2 Å². The van der Waals surface area contributed by atoms with Crippen LogP contribution < -0.4 is 26.0 Å². The minimum absolute atomic E-state index is 0.0170. The summed E-state index contributed by atoms with van der Waals surface area (Å²) in [4.78, 5) is 54.8. The molecule has 1 aliphatic rings. The van der Waals surface area contributed by atoms with Crippen molar-refractivity contribution < 1.29 is 51.0 Å². The minimum atomic E-state index is -3.72. The Morgan fingerprint density at radius 1 is 0.847 bits per heavy atom. The van der Waals surface area contributed by atoms with Crippen LogP contribution in [-0.2, 0) is 40.5 Å². The van der Waals surface area contributed by atoms with Crippen molar-refractivity contribution in [2.45, 2.75) is 83.0 Å². The number of methoxy groups -OCH3 is 1. The lowest BCUT2D eigenvalue weighted by Crippen LogP contribution is -2.54. The molecule has 0 aromatic heterocycles. The Kier molecular flexibility index (Phi) is 16.9. The van der Waals surface area contributed by atoms with Gasteiger partial charge in [-0.2, -0.15) is 0 Å². The molecule has 0 aliphatic heterocycles. The summed E-state index contributed by atoms with van der Waals surface area (Å²) in [6.07, 6.45) is -2.39. The van der Waals surface area contributed by atoms with Crippen molar-refractivity contribution >= 4 is 33.7 Å². The van der Waals surface area contributed by atoms with E-state index in [1.165, 1.54) is 14.2 Å². The number of carbonyl (C=O) groups is 4. The molecule has 0 heterocycles. The summed E-state index contributed by atoms with van der Waals surface area (Å²) in [5.41, 5.74) is 1.66. The third-order valence-corrected chi connectivity index (χ3v) is 11.9. The van der Waals surface area contributed by atoms with Gasteiger partial charge in [-0.25, -0.2) is 21.5 Å². The van der Waals surface area contributed by atoms with E-state index in [0.717, 1.165) is 33.8 Å². The van der Waals surface area contributed by atoms with E-state index in [1.54, 1.807) is 20.8 Å². The molecular formula is C42H55F2N5O9S. The average molecular weight is 844 g/mol. The van der Waals surface area contributed by atoms with Crippen LogP contribution in [0.5, 0.6) is 5.75 Å². The molecule has 0 spiro atoms. The van der Waals surface area contributed by atoms with E-state index in [0.29, 0.717) is 6.07 Å². The minimum Gasteiger partial charge on any atom is -0.491 e. The highest BCUT2D eigenvalue weighted by Crippen LogP contribution is 2.37. The number of sulfonamides is 1. The number of hydrogen-bond acceptors (Lipinski definition) is 9. The third-order valence-electron chi connectivity index (χ3n) is 10.6. The van der Waals surface area contributed by atoms with Gasteiger partial charge in [0.15, 0.2) is 0 Å². The van der Waals surface area contributed by atoms with Crippen molar-refractivity contribution in [3.05, 3.63) is 102 Å². The second kappa shape index (κ2) is 21.3. The molecule has 5 N–H and O–H groups in total. The molecule has 14 nitrogen and oxygen atoms in total. The van der Waals surface area contributed by atoms with Crippen LogP contribution in [0.15, 0.2) is 78.9 Å². The molecular weight excluding hydrogens is 789 g/mol. The number of benzene rings is 3. The second-order valence-corrected chi connectivity index (χ2v) is 17.3. The summed E-state index contributed by atoms with van der Waals surface area (Å²) in [5.74, 6) is -6.94. The topological polar surface area (TPSA) is 192 Å². The summed E-state index contributed by atoms with van der Waals surface area (Å²) in [5, 5.41) is 22.8. The van der Waals surface area contributed by atoms with Gasteiger partial charge in [0, 0.05) is 51.4 Å². The van der Waals surface area contributed by atoms with E-state index in [4.69, 9.17) is 9.47 Å². The maximum atomic E-state index is 14.2. The molecule has 322 valence electrons. The molecule has 1 aliphatic carbocycles. The molecule has 17 heteroatoms. The number of nitrogens with one attached hydrogen (secondary N) is 4. The van der Waals surface area contributed by atoms with Crippen molar-refractivity contribution in [2.24, 2.45) is 17.8 Å². The highest BCUT2D eigenvalue weighted by Gasteiger charge is 2.46. The third kappa shape index (κ3) is 13.5. The Morgan fingerprint density at radius 3 is 1.95 bits per heavy atom. The van der Waals surface area contributed by atoms with Crippen LogP contribution in [0.3, 0.4) is 0 Å². The molecule has 0 radical (unpaired) electrons. The average Bonchev–Trinajstić information content (AvgIpc) is 3.65. The second-order valence-electron chi connectivity index (χ2n) is 15.3. The zero-order chi connectivity index (χ0) is 43.4. The van der Waals surface area contributed by atoms with Crippen molar-refractivity contribution in [2.75, 3.05) is 27.0 Å². The Balaban J connectivity index is 1.55. The van der Waals surface area contributed by atoms with Gasteiger partial charge in [0.25, 0.3) is 0 Å². The lowest BCUT2D eigenvalue weighted by Gasteiger charge is -2.30. The lowest BCUT2D eigenvalue weighted by atomic mass is 9.92. The molecule has 1 saturated carbocycles. The number of hydrogen-bond donors (Lipinski definition) is 5. The molecule has 0 bridgehead atoms. The number of carbonyl (C=O) groups excluding carboxylic acids is 4. The van der Waals surface area contributed by atoms with Crippen molar-refractivity contribution in [3.8, 4) is 5.75 Å². The number of nitrogens with zero attached hydrogens (tertiary/aromatic N) is 1. The molecule has 1 fully saturated rings. The van der Waals surface area contributed by atoms with Crippen molar-refractivity contribution in [1.82, 2.24) is 25.6 Å². The molecule has 0 unspecified atom stereocenters. The zero-order valence-corrected chi connectivity index (χ0v) is 34.9. The SMILES string of the molecule is CO[C@H](C[C@H](O)[C@H](COc1cc(F)cc(F)c1)NC(=O)[C@@H]1C[C@@H](N(C)S(C)(=O)=O)C[C@H]1C(=O)N[C@@H](C)c1ccccc1)C(=O)N[C@H](C(=O)NCc1ccccc1)C(C)C. The van der Waals surface area contributed by atoms with Crippen LogP contribution in [0.4, 0.5) is 8.78 Å². The van der Waals surface area contributed by atoms with Crippen molar-refractivity contribution in [3.63, 3.8) is 0 Å². The first kappa shape index (κ1) is 46.7. The fourth-order valence-corrected chi connectivity index (χ4v) is 7.72. The standard InChI is InChI=1S/C42H55F2N5O9S/c1-25(2)38(42(54)45-23-27-13-9-7-10-14-27)48-41(53)37(57-5)22-36(50)35(24-58-32-18-29(43)17-30(44)19-32)47-40(52)34-21-31(49(4)59(6,55)56)20-33(34)39(51)46-26(3)28-15-11-8-12-16-28/h7-19,25-26,31,33-38,50H,20-24H2,1-6H3,(H,45,54)(H,46,51)(H,47,52)(H,48,53)/t26-,31-,33+,34+,35-,36-,37+,38-/m0/s1. The predicted octanol–water partition coefficient (Wildman–Crippen LogP) is 3.22. The highest BCUT2D eigenvalue weighted by molar-refractivity contribution is 7.88. The normalized spacial score (nSPS) is 19.3. The van der Waals surface area contributed by atoms with Crippen LogP contribution >= 0.6 is 0 Å². The van der Waals surface area contributed by atoms with Gasteiger partial charge in [0.05, 0.1) is 36.3 Å². The quantitative estimate of drug-likeness (QED) is 0.114. The maximum absolute atomic E-state index is 14.2. The molecule has 3 aromatic carbocycles. The Hall–Kier alpha value is -4.97. The van der Waals surface area contributed by atoms with E-state index >= 15 is 0 Å². The zero-order valence-electron chi connectivity index (χ0n) is 34.1. The number of halogens is 2. The fraction of sp³-hybridized carbons (Fsp3) is 0.476. The summed E-state index contributed by atoms with van der Waals surface area (Å²) in [6.45, 7) is 4.95. The first-order valence-electron chi connectivity index (χ1n) is 19.4. The monoisotopic (exact) mass is 843 g/mol.